The topological polar surface area (TPSA) is 27.0 Å². The van der Waals surface area contributed by atoms with Crippen molar-refractivity contribution >= 4 is 23.2 Å². The van der Waals surface area contributed by atoms with E-state index in [-0.39, 0.29) is 6.04 Å². The van der Waals surface area contributed by atoms with Gasteiger partial charge < -0.3 is 0 Å². The molecule has 0 bridgehead atoms. The highest BCUT2D eigenvalue weighted by molar-refractivity contribution is 6.35. The Morgan fingerprint density at radius 2 is 1.88 bits per heavy atom. The van der Waals surface area contributed by atoms with Crippen molar-refractivity contribution in [2.75, 3.05) is 6.54 Å². The molecule has 2 nitrogen and oxygen atoms in total. The minimum atomic E-state index is 0.284. The first-order chi connectivity index (χ1) is 7.56. The van der Waals surface area contributed by atoms with Gasteiger partial charge in [-0.15, -0.1) is 0 Å². The third-order valence-corrected chi connectivity index (χ3v) is 3.14. The molecule has 1 aromatic carbocycles. The summed E-state index contributed by atoms with van der Waals surface area (Å²) < 4.78 is 0. The van der Waals surface area contributed by atoms with Gasteiger partial charge in [0.25, 0.3) is 0 Å². The summed E-state index contributed by atoms with van der Waals surface area (Å²) in [5, 5.41) is 10.0. The molecule has 1 aromatic rings. The van der Waals surface area contributed by atoms with Crippen molar-refractivity contribution in [3.05, 3.63) is 33.8 Å². The molecule has 0 amide bonds. The second kappa shape index (κ2) is 6.10. The van der Waals surface area contributed by atoms with Gasteiger partial charge in [0.1, 0.15) is 0 Å². The maximum Gasteiger partial charge on any atom is 0.0871 e. The van der Waals surface area contributed by atoms with E-state index in [1.807, 2.05) is 36.9 Å². The number of halogens is 2. The molecule has 0 aliphatic rings. The van der Waals surface area contributed by atoms with Gasteiger partial charge in [0.2, 0.25) is 0 Å². The minimum absolute atomic E-state index is 0.284. The number of rotatable bonds is 4. The monoisotopic (exact) mass is 256 g/mol. The SMILES string of the molecule is CC(C)N(CC#N)Cc1c(Cl)cccc1Cl. The Balaban J connectivity index is 2.90. The average molecular weight is 257 g/mol. The van der Waals surface area contributed by atoms with Crippen LogP contribution in [-0.4, -0.2) is 17.5 Å². The van der Waals surface area contributed by atoms with Gasteiger partial charge in [-0.2, -0.15) is 5.26 Å². The fourth-order valence-electron chi connectivity index (χ4n) is 1.40. The van der Waals surface area contributed by atoms with Crippen LogP contribution in [0.5, 0.6) is 0 Å². The first kappa shape index (κ1) is 13.3. The molecule has 4 heteroatoms. The summed E-state index contributed by atoms with van der Waals surface area (Å²) in [7, 11) is 0. The molecule has 0 aliphatic carbocycles. The summed E-state index contributed by atoms with van der Waals surface area (Å²) in [5.74, 6) is 0. The Kier molecular flexibility index (Phi) is 5.08. The smallest absolute Gasteiger partial charge is 0.0871 e. The first-order valence-electron chi connectivity index (χ1n) is 5.10. The second-order valence-electron chi connectivity index (χ2n) is 3.86. The highest BCUT2D eigenvalue weighted by Crippen LogP contribution is 2.26. The largest absolute Gasteiger partial charge is 0.284 e. The van der Waals surface area contributed by atoms with E-state index >= 15 is 0 Å². The predicted molar refractivity (Wildman–Crippen MR) is 67.6 cm³/mol. The molecular weight excluding hydrogens is 243 g/mol. The molecule has 0 aliphatic heterocycles. The minimum Gasteiger partial charge on any atom is -0.284 e. The van der Waals surface area contributed by atoms with Crippen molar-refractivity contribution < 1.29 is 0 Å². The number of hydrogen-bond acceptors (Lipinski definition) is 2. The maximum absolute atomic E-state index is 8.74. The number of benzene rings is 1. The highest BCUT2D eigenvalue weighted by atomic mass is 35.5. The van der Waals surface area contributed by atoms with Crippen LogP contribution in [0.1, 0.15) is 19.4 Å². The van der Waals surface area contributed by atoms with E-state index in [0.29, 0.717) is 23.1 Å². The zero-order valence-corrected chi connectivity index (χ0v) is 10.9. The zero-order valence-electron chi connectivity index (χ0n) is 9.37. The van der Waals surface area contributed by atoms with E-state index in [4.69, 9.17) is 28.5 Å². The number of nitrogens with zero attached hydrogens (tertiary/aromatic N) is 2. The lowest BCUT2D eigenvalue weighted by molar-refractivity contribution is 0.240. The lowest BCUT2D eigenvalue weighted by Crippen LogP contribution is -2.30. The summed E-state index contributed by atoms with van der Waals surface area (Å²) in [5.41, 5.74) is 0.884. The molecule has 0 saturated heterocycles. The van der Waals surface area contributed by atoms with Crippen molar-refractivity contribution in [2.45, 2.75) is 26.4 Å². The second-order valence-corrected chi connectivity index (χ2v) is 4.67. The van der Waals surface area contributed by atoms with Gasteiger partial charge in [0.15, 0.2) is 0 Å². The summed E-state index contributed by atoms with van der Waals surface area (Å²) in [4.78, 5) is 2.02. The van der Waals surface area contributed by atoms with Crippen molar-refractivity contribution in [3.63, 3.8) is 0 Å². The Bertz CT molecular complexity index is 376. The highest BCUT2D eigenvalue weighted by Gasteiger charge is 2.13. The van der Waals surface area contributed by atoms with Crippen LogP contribution < -0.4 is 0 Å². The zero-order chi connectivity index (χ0) is 12.1. The van der Waals surface area contributed by atoms with Gasteiger partial charge in [-0.05, 0) is 26.0 Å². The Morgan fingerprint density at radius 3 is 2.31 bits per heavy atom. The van der Waals surface area contributed by atoms with Crippen LogP contribution in [0.4, 0.5) is 0 Å². The van der Waals surface area contributed by atoms with Gasteiger partial charge in [0, 0.05) is 28.2 Å². The van der Waals surface area contributed by atoms with Crippen molar-refractivity contribution in [3.8, 4) is 6.07 Å². The van der Waals surface area contributed by atoms with Crippen LogP contribution in [0.15, 0.2) is 18.2 Å². The van der Waals surface area contributed by atoms with E-state index in [2.05, 4.69) is 6.07 Å². The molecule has 0 radical (unpaired) electrons. The number of nitriles is 1. The summed E-state index contributed by atoms with van der Waals surface area (Å²) in [6.45, 7) is 5.06. The van der Waals surface area contributed by atoms with Crippen molar-refractivity contribution in [1.82, 2.24) is 4.90 Å². The van der Waals surface area contributed by atoms with E-state index in [0.717, 1.165) is 5.56 Å². The van der Waals surface area contributed by atoms with E-state index in [9.17, 15) is 0 Å². The molecule has 0 N–H and O–H groups in total. The molecule has 16 heavy (non-hydrogen) atoms. The van der Waals surface area contributed by atoms with Crippen LogP contribution in [0.25, 0.3) is 0 Å². The first-order valence-corrected chi connectivity index (χ1v) is 5.85. The summed E-state index contributed by atoms with van der Waals surface area (Å²) >= 11 is 12.2. The van der Waals surface area contributed by atoms with Crippen LogP contribution in [0, 0.1) is 11.3 Å². The van der Waals surface area contributed by atoms with Crippen molar-refractivity contribution in [1.29, 1.82) is 5.26 Å². The van der Waals surface area contributed by atoms with Gasteiger partial charge >= 0.3 is 0 Å². The van der Waals surface area contributed by atoms with E-state index in [1.165, 1.54) is 0 Å². The van der Waals surface area contributed by atoms with Gasteiger partial charge in [0.05, 0.1) is 12.6 Å². The molecule has 0 atom stereocenters. The average Bonchev–Trinajstić information content (AvgIpc) is 2.21. The molecule has 0 saturated carbocycles. The Labute approximate surface area is 106 Å². The third-order valence-electron chi connectivity index (χ3n) is 2.43. The van der Waals surface area contributed by atoms with Gasteiger partial charge in [-0.1, -0.05) is 29.3 Å². The molecule has 0 spiro atoms. The van der Waals surface area contributed by atoms with Gasteiger partial charge in [-0.25, -0.2) is 0 Å². The Morgan fingerprint density at radius 1 is 1.31 bits per heavy atom. The predicted octanol–water partition coefficient (Wildman–Crippen LogP) is 3.73. The maximum atomic E-state index is 8.74. The summed E-state index contributed by atoms with van der Waals surface area (Å²) in [6.07, 6.45) is 0. The quantitative estimate of drug-likeness (QED) is 0.768. The van der Waals surface area contributed by atoms with Crippen LogP contribution >= 0.6 is 23.2 Å². The fraction of sp³-hybridized carbons (Fsp3) is 0.417. The van der Waals surface area contributed by atoms with E-state index < -0.39 is 0 Å². The molecular formula is C12H14Cl2N2. The van der Waals surface area contributed by atoms with Crippen LogP contribution in [0.2, 0.25) is 10.0 Å². The Hall–Kier alpha value is -0.750. The van der Waals surface area contributed by atoms with Crippen LogP contribution in [-0.2, 0) is 6.54 Å². The lowest BCUT2D eigenvalue weighted by Gasteiger charge is -2.24. The fourth-order valence-corrected chi connectivity index (χ4v) is 1.92. The lowest BCUT2D eigenvalue weighted by atomic mass is 10.2. The number of hydrogen-bond donors (Lipinski definition) is 0. The molecule has 0 unspecified atom stereocenters. The molecule has 0 aromatic heterocycles. The third kappa shape index (κ3) is 3.38. The van der Waals surface area contributed by atoms with Gasteiger partial charge in [-0.3, -0.25) is 4.90 Å². The molecule has 0 heterocycles. The van der Waals surface area contributed by atoms with Crippen LogP contribution in [0.3, 0.4) is 0 Å². The summed E-state index contributed by atoms with van der Waals surface area (Å²) in [6, 6.07) is 7.88. The standard InChI is InChI=1S/C12H14Cl2N2/c1-9(2)16(7-6-15)8-10-11(13)4-3-5-12(10)14/h3-5,9H,7-8H2,1-2H3. The van der Waals surface area contributed by atoms with Crippen molar-refractivity contribution in [2.24, 2.45) is 0 Å². The molecule has 1 rings (SSSR count). The van der Waals surface area contributed by atoms with E-state index in [1.54, 1.807) is 0 Å². The molecule has 0 fully saturated rings. The molecule has 86 valence electrons. The normalized spacial score (nSPS) is 10.8.